The molecule has 1 aromatic heterocycles. The van der Waals surface area contributed by atoms with E-state index in [9.17, 15) is 9.59 Å². The van der Waals surface area contributed by atoms with Gasteiger partial charge in [-0.3, -0.25) is 4.79 Å². The molecule has 0 spiro atoms. The zero-order valence-electron chi connectivity index (χ0n) is 16.7. The topological polar surface area (TPSA) is 72.4 Å². The number of hydrogen-bond donors (Lipinski definition) is 0. The number of carbonyl (C=O) groups is 2. The summed E-state index contributed by atoms with van der Waals surface area (Å²) in [4.78, 5) is 36.2. The second-order valence-electron chi connectivity index (χ2n) is 7.52. The van der Waals surface area contributed by atoms with Crippen LogP contribution in [0.25, 0.3) is 11.0 Å². The van der Waals surface area contributed by atoms with E-state index in [0.29, 0.717) is 11.1 Å². The van der Waals surface area contributed by atoms with Gasteiger partial charge in [-0.25, -0.2) is 14.8 Å². The molecule has 0 saturated carbocycles. The molecule has 1 fully saturated rings. The number of esters is 1. The highest BCUT2D eigenvalue weighted by Gasteiger charge is 2.33. The van der Waals surface area contributed by atoms with E-state index in [1.807, 2.05) is 18.7 Å². The van der Waals surface area contributed by atoms with Crippen molar-refractivity contribution >= 4 is 22.9 Å². The summed E-state index contributed by atoms with van der Waals surface area (Å²) in [5.74, 6) is -0.648. The van der Waals surface area contributed by atoms with Crippen LogP contribution in [0.2, 0.25) is 0 Å². The number of aryl methyl sites for hydroxylation is 2. The Kier molecular flexibility index (Phi) is 5.44. The molecule has 144 valence electrons. The number of aromatic nitrogens is 2. The van der Waals surface area contributed by atoms with Crippen molar-refractivity contribution in [1.29, 1.82) is 0 Å². The van der Waals surface area contributed by atoms with Crippen molar-refractivity contribution in [1.82, 2.24) is 14.9 Å². The van der Waals surface area contributed by atoms with Crippen LogP contribution in [-0.2, 0) is 9.53 Å². The molecule has 0 aliphatic carbocycles. The molecule has 1 saturated heterocycles. The first-order valence-electron chi connectivity index (χ1n) is 9.56. The number of hydrogen-bond acceptors (Lipinski definition) is 5. The Balaban J connectivity index is 1.75. The quantitative estimate of drug-likeness (QED) is 0.773. The van der Waals surface area contributed by atoms with Crippen LogP contribution in [0.3, 0.4) is 0 Å². The molecule has 0 unspecified atom stereocenters. The van der Waals surface area contributed by atoms with Gasteiger partial charge in [0, 0.05) is 12.1 Å². The van der Waals surface area contributed by atoms with Crippen LogP contribution >= 0.6 is 0 Å². The van der Waals surface area contributed by atoms with Crippen molar-refractivity contribution in [3.05, 3.63) is 35.2 Å². The fourth-order valence-electron chi connectivity index (χ4n) is 3.70. The lowest BCUT2D eigenvalue weighted by Gasteiger charge is -2.40. The molecule has 1 aliphatic rings. The van der Waals surface area contributed by atoms with Crippen LogP contribution < -0.4 is 0 Å². The number of piperidine rings is 1. The minimum Gasteiger partial charge on any atom is -0.449 e. The number of amides is 1. The lowest BCUT2D eigenvalue weighted by Crippen LogP contribution is -2.51. The maximum absolute atomic E-state index is 12.8. The van der Waals surface area contributed by atoms with E-state index in [4.69, 9.17) is 4.74 Å². The van der Waals surface area contributed by atoms with Crippen LogP contribution in [0.5, 0.6) is 0 Å². The van der Waals surface area contributed by atoms with Gasteiger partial charge in [-0.05, 0) is 72.1 Å². The van der Waals surface area contributed by atoms with Crippen molar-refractivity contribution in [2.75, 3.05) is 0 Å². The van der Waals surface area contributed by atoms with Gasteiger partial charge >= 0.3 is 5.97 Å². The molecule has 0 radical (unpaired) electrons. The molecular formula is C21H27N3O3. The second-order valence-corrected chi connectivity index (χ2v) is 7.52. The van der Waals surface area contributed by atoms with Crippen LogP contribution in [0.15, 0.2) is 18.2 Å². The van der Waals surface area contributed by atoms with Crippen molar-refractivity contribution < 1.29 is 14.3 Å². The minimum absolute atomic E-state index is 0.130. The molecule has 1 amide bonds. The summed E-state index contributed by atoms with van der Waals surface area (Å²) in [5.41, 5.74) is 3.44. The van der Waals surface area contributed by atoms with Crippen LogP contribution in [0.4, 0.5) is 0 Å². The number of nitrogens with zero attached hydrogens (tertiary/aromatic N) is 3. The highest BCUT2D eigenvalue weighted by Crippen LogP contribution is 2.24. The third-order valence-corrected chi connectivity index (χ3v) is 5.39. The van der Waals surface area contributed by atoms with Crippen LogP contribution in [0, 0.1) is 13.8 Å². The summed E-state index contributed by atoms with van der Waals surface area (Å²) in [5, 5.41) is 0. The lowest BCUT2D eigenvalue weighted by atomic mass is 9.97. The Bertz CT molecular complexity index is 870. The summed E-state index contributed by atoms with van der Waals surface area (Å²) in [6.07, 6.45) is 2.27. The van der Waals surface area contributed by atoms with E-state index < -0.39 is 12.1 Å². The lowest BCUT2D eigenvalue weighted by molar-refractivity contribution is -0.146. The van der Waals surface area contributed by atoms with Gasteiger partial charge in [0.25, 0.3) is 5.91 Å². The zero-order valence-corrected chi connectivity index (χ0v) is 16.7. The van der Waals surface area contributed by atoms with Crippen molar-refractivity contribution in [3.8, 4) is 0 Å². The largest absolute Gasteiger partial charge is 0.449 e. The predicted octanol–water partition coefficient (Wildman–Crippen LogP) is 3.58. The number of fused-ring (bicyclic) bond motifs is 1. The molecule has 2 heterocycles. The molecule has 27 heavy (non-hydrogen) atoms. The predicted molar refractivity (Wildman–Crippen MR) is 104 cm³/mol. The Morgan fingerprint density at radius 3 is 2.30 bits per heavy atom. The maximum Gasteiger partial charge on any atom is 0.338 e. The first-order valence-corrected chi connectivity index (χ1v) is 9.56. The summed E-state index contributed by atoms with van der Waals surface area (Å²) in [6.45, 7) is 9.53. The number of carbonyl (C=O) groups excluding carboxylic acids is 2. The third-order valence-electron chi connectivity index (χ3n) is 5.39. The van der Waals surface area contributed by atoms with Crippen LogP contribution in [0.1, 0.15) is 61.8 Å². The minimum atomic E-state index is -0.818. The number of likely N-dealkylation sites (tertiary alicyclic amines) is 1. The van der Waals surface area contributed by atoms with E-state index >= 15 is 0 Å². The van der Waals surface area contributed by atoms with Gasteiger partial charge in [-0.1, -0.05) is 0 Å². The Morgan fingerprint density at radius 2 is 1.67 bits per heavy atom. The normalized spacial score (nSPS) is 21.1. The molecule has 2 aromatic rings. The van der Waals surface area contributed by atoms with E-state index in [-0.39, 0.29) is 18.0 Å². The first kappa shape index (κ1) is 19.3. The average molecular weight is 369 g/mol. The molecular weight excluding hydrogens is 342 g/mol. The third kappa shape index (κ3) is 3.94. The van der Waals surface area contributed by atoms with Gasteiger partial charge in [0.1, 0.15) is 0 Å². The highest BCUT2D eigenvalue weighted by molar-refractivity contribution is 5.95. The van der Waals surface area contributed by atoms with Crippen molar-refractivity contribution in [3.63, 3.8) is 0 Å². The smallest absolute Gasteiger partial charge is 0.338 e. The number of ether oxygens (including phenoxy) is 1. The van der Waals surface area contributed by atoms with Gasteiger partial charge in [-0.15, -0.1) is 0 Å². The molecule has 6 nitrogen and oxygen atoms in total. The van der Waals surface area contributed by atoms with Gasteiger partial charge in [-0.2, -0.15) is 0 Å². The Labute approximate surface area is 159 Å². The Morgan fingerprint density at radius 1 is 1.07 bits per heavy atom. The van der Waals surface area contributed by atoms with Gasteiger partial charge in [0.05, 0.1) is 28.0 Å². The maximum atomic E-state index is 12.8. The summed E-state index contributed by atoms with van der Waals surface area (Å²) < 4.78 is 5.47. The molecule has 1 aromatic carbocycles. The standard InChI is InChI=1S/C21H27N3O3/c1-12-7-6-8-13(2)24(12)20(25)16(5)27-21(26)17-9-10-18-19(11-17)23-15(4)14(3)22-18/h9-13,16H,6-8H2,1-5H3/t12-,13-,16+/m0/s1. The monoisotopic (exact) mass is 369 g/mol. The molecule has 3 rings (SSSR count). The Hall–Kier alpha value is -2.50. The van der Waals surface area contributed by atoms with Crippen LogP contribution in [-0.4, -0.2) is 44.9 Å². The molecule has 6 heteroatoms. The molecule has 1 aliphatic heterocycles. The van der Waals surface area contributed by atoms with Crippen molar-refractivity contribution in [2.24, 2.45) is 0 Å². The number of benzene rings is 1. The zero-order chi connectivity index (χ0) is 19.7. The SMILES string of the molecule is Cc1nc2ccc(C(=O)O[C@H](C)C(=O)N3[C@@H](C)CCC[C@@H]3C)cc2nc1C. The molecule has 0 N–H and O–H groups in total. The van der Waals surface area contributed by atoms with Crippen molar-refractivity contribution in [2.45, 2.75) is 72.1 Å². The summed E-state index contributed by atoms with van der Waals surface area (Å²) in [6, 6.07) is 5.43. The number of rotatable bonds is 3. The second kappa shape index (κ2) is 7.62. The van der Waals surface area contributed by atoms with E-state index in [1.54, 1.807) is 25.1 Å². The van der Waals surface area contributed by atoms with Gasteiger partial charge < -0.3 is 9.64 Å². The van der Waals surface area contributed by atoms with E-state index in [2.05, 4.69) is 23.8 Å². The average Bonchev–Trinajstić information content (AvgIpc) is 2.62. The van der Waals surface area contributed by atoms with E-state index in [1.165, 1.54) is 0 Å². The van der Waals surface area contributed by atoms with Gasteiger partial charge in [0.2, 0.25) is 0 Å². The molecule has 0 bridgehead atoms. The molecule has 3 atom stereocenters. The fourth-order valence-corrected chi connectivity index (χ4v) is 3.70. The summed E-state index contributed by atoms with van der Waals surface area (Å²) >= 11 is 0. The summed E-state index contributed by atoms with van der Waals surface area (Å²) in [7, 11) is 0. The first-order chi connectivity index (χ1) is 12.8. The fraction of sp³-hybridized carbons (Fsp3) is 0.524. The van der Waals surface area contributed by atoms with Gasteiger partial charge in [0.15, 0.2) is 6.10 Å². The van der Waals surface area contributed by atoms with E-state index in [0.717, 1.165) is 36.2 Å². The highest BCUT2D eigenvalue weighted by atomic mass is 16.5.